The first-order valence-electron chi connectivity index (χ1n) is 14.6. The molecule has 0 bridgehead atoms. The molecule has 0 unspecified atom stereocenters. The summed E-state index contributed by atoms with van der Waals surface area (Å²) in [6.45, 7) is 9.57. The Hall–Kier alpha value is -3.83. The van der Waals surface area contributed by atoms with Crippen LogP contribution in [0.2, 0.25) is 0 Å². The summed E-state index contributed by atoms with van der Waals surface area (Å²) in [5.41, 5.74) is 5.58. The van der Waals surface area contributed by atoms with Crippen LogP contribution >= 0.6 is 0 Å². The summed E-state index contributed by atoms with van der Waals surface area (Å²) in [6, 6.07) is 5.81. The van der Waals surface area contributed by atoms with Crippen molar-refractivity contribution in [2.24, 2.45) is 5.92 Å². The van der Waals surface area contributed by atoms with Crippen LogP contribution in [0.15, 0.2) is 35.3 Å². The van der Waals surface area contributed by atoms with Gasteiger partial charge in [-0.3, -0.25) is 14.5 Å². The first-order chi connectivity index (χ1) is 20.3. The Kier molecular flexibility index (Phi) is 9.48. The van der Waals surface area contributed by atoms with Crippen molar-refractivity contribution >= 4 is 11.8 Å². The largest absolute Gasteiger partial charge is 0.485 e. The van der Waals surface area contributed by atoms with Crippen LogP contribution < -0.4 is 10.1 Å². The topological polar surface area (TPSA) is 134 Å². The Labute approximate surface area is 246 Å². The van der Waals surface area contributed by atoms with E-state index in [1.165, 1.54) is 23.8 Å². The normalized spacial score (nSPS) is 16.6. The molecule has 5 rings (SSSR count). The highest BCUT2D eigenvalue weighted by Gasteiger charge is 2.24. The number of likely N-dealkylation sites (tertiary alicyclic amines) is 1. The molecule has 1 aromatic carbocycles. The van der Waals surface area contributed by atoms with E-state index in [0.29, 0.717) is 24.8 Å². The molecular weight excluding hydrogens is 536 g/mol. The zero-order valence-corrected chi connectivity index (χ0v) is 24.6. The summed E-state index contributed by atoms with van der Waals surface area (Å²) in [5, 5.41) is 13.5. The molecule has 0 spiro atoms. The van der Waals surface area contributed by atoms with Gasteiger partial charge in [-0.1, -0.05) is 6.07 Å². The van der Waals surface area contributed by atoms with Crippen molar-refractivity contribution in [3.8, 4) is 5.75 Å². The van der Waals surface area contributed by atoms with Gasteiger partial charge >= 0.3 is 0 Å². The number of fused-ring (bicyclic) bond motifs is 1. The molecule has 11 nitrogen and oxygen atoms in total. The smallest absolute Gasteiger partial charge is 0.270 e. The SMILES string of the molecule is CC(=O)N1CCC(Cc2cc(C(=O)NC[C@H](O)CN3CCc4c(ccc(OCc5ocnc5C)c4C)C3)ncn2)CC1. The summed E-state index contributed by atoms with van der Waals surface area (Å²) in [5.74, 6) is 1.78. The lowest BCUT2D eigenvalue weighted by Crippen LogP contribution is -2.42. The van der Waals surface area contributed by atoms with Gasteiger partial charge < -0.3 is 24.5 Å². The van der Waals surface area contributed by atoms with Crippen LogP contribution in [0.3, 0.4) is 0 Å². The molecule has 2 aromatic heterocycles. The lowest BCUT2D eigenvalue weighted by Gasteiger charge is -2.31. The van der Waals surface area contributed by atoms with E-state index in [4.69, 9.17) is 9.15 Å². The van der Waals surface area contributed by atoms with Gasteiger partial charge in [0.1, 0.15) is 24.4 Å². The molecule has 224 valence electrons. The number of benzene rings is 1. The molecule has 2 N–H and O–H groups in total. The highest BCUT2D eigenvalue weighted by Crippen LogP contribution is 2.30. The highest BCUT2D eigenvalue weighted by molar-refractivity contribution is 5.92. The average Bonchev–Trinajstić information content (AvgIpc) is 3.40. The molecule has 0 radical (unpaired) electrons. The molecule has 42 heavy (non-hydrogen) atoms. The Bertz CT molecular complexity index is 1400. The fraction of sp³-hybridized carbons (Fsp3) is 0.516. The van der Waals surface area contributed by atoms with Gasteiger partial charge in [-0.05, 0) is 74.3 Å². The van der Waals surface area contributed by atoms with Crippen LogP contribution in [0.4, 0.5) is 0 Å². The van der Waals surface area contributed by atoms with Crippen molar-refractivity contribution in [3.05, 3.63) is 70.5 Å². The van der Waals surface area contributed by atoms with Crippen LogP contribution in [0.5, 0.6) is 5.75 Å². The van der Waals surface area contributed by atoms with E-state index < -0.39 is 6.10 Å². The van der Waals surface area contributed by atoms with Crippen molar-refractivity contribution < 1.29 is 23.8 Å². The zero-order chi connectivity index (χ0) is 29.6. The van der Waals surface area contributed by atoms with Gasteiger partial charge in [0.25, 0.3) is 5.91 Å². The van der Waals surface area contributed by atoms with E-state index in [9.17, 15) is 14.7 Å². The van der Waals surface area contributed by atoms with Crippen LogP contribution in [0.25, 0.3) is 0 Å². The predicted molar refractivity (Wildman–Crippen MR) is 155 cm³/mol. The second-order valence-electron chi connectivity index (χ2n) is 11.4. The molecular formula is C31H40N6O5. The lowest BCUT2D eigenvalue weighted by atomic mass is 9.92. The van der Waals surface area contributed by atoms with Crippen LogP contribution in [-0.2, 0) is 30.8 Å². The minimum absolute atomic E-state index is 0.117. The molecule has 1 saturated heterocycles. The first-order valence-corrected chi connectivity index (χ1v) is 14.6. The van der Waals surface area contributed by atoms with Crippen molar-refractivity contribution in [1.29, 1.82) is 0 Å². The third-order valence-corrected chi connectivity index (χ3v) is 8.40. The monoisotopic (exact) mass is 576 g/mol. The quantitative estimate of drug-likeness (QED) is 0.374. The lowest BCUT2D eigenvalue weighted by molar-refractivity contribution is -0.130. The number of aliphatic hydroxyl groups excluding tert-OH is 1. The molecule has 2 aliphatic rings. The number of nitrogens with one attached hydrogen (secondary N) is 1. The number of β-amino-alcohol motifs (C(OH)–C–C–N with tert-alkyl or cyclic N) is 1. The molecule has 11 heteroatoms. The van der Waals surface area contributed by atoms with Crippen molar-refractivity contribution in [2.45, 2.75) is 65.7 Å². The average molecular weight is 577 g/mol. The number of aromatic nitrogens is 3. The van der Waals surface area contributed by atoms with E-state index in [2.05, 4.69) is 38.2 Å². The molecule has 2 aliphatic heterocycles. The van der Waals surface area contributed by atoms with E-state index in [1.807, 2.05) is 17.9 Å². The van der Waals surface area contributed by atoms with E-state index in [1.54, 1.807) is 13.0 Å². The number of aryl methyl sites for hydroxylation is 1. The maximum atomic E-state index is 12.8. The highest BCUT2D eigenvalue weighted by atomic mass is 16.5. The molecule has 0 aliphatic carbocycles. The molecule has 2 amide bonds. The standard InChI is InChI=1S/C31H40N6O5/c1-20-27-8-9-36(15-24(27)4-5-29(20)41-17-30-21(2)35-19-42-30)16-26(39)14-32-31(40)28-13-25(33-18-34-28)12-23-6-10-37(11-7-23)22(3)38/h4-5,13,18-19,23,26,39H,6-12,14-17H2,1-3H3,(H,32,40)/t26-/m0/s1. The Morgan fingerprint density at radius 3 is 2.71 bits per heavy atom. The van der Waals surface area contributed by atoms with Crippen molar-refractivity contribution in [1.82, 2.24) is 30.1 Å². The van der Waals surface area contributed by atoms with Gasteiger partial charge in [-0.15, -0.1) is 0 Å². The van der Waals surface area contributed by atoms with Gasteiger partial charge in [-0.25, -0.2) is 15.0 Å². The minimum Gasteiger partial charge on any atom is -0.485 e. The number of piperidine rings is 1. The summed E-state index contributed by atoms with van der Waals surface area (Å²) < 4.78 is 11.4. The van der Waals surface area contributed by atoms with Crippen LogP contribution in [0, 0.1) is 19.8 Å². The number of carbonyl (C=O) groups is 2. The maximum absolute atomic E-state index is 12.8. The number of hydrogen-bond donors (Lipinski definition) is 2. The van der Waals surface area contributed by atoms with E-state index >= 15 is 0 Å². The Balaban J connectivity index is 1.08. The zero-order valence-electron chi connectivity index (χ0n) is 24.6. The van der Waals surface area contributed by atoms with Crippen LogP contribution in [-0.4, -0.2) is 80.5 Å². The molecule has 4 heterocycles. The van der Waals surface area contributed by atoms with Crippen LogP contribution in [0.1, 0.15) is 64.1 Å². The molecule has 1 fully saturated rings. The van der Waals surface area contributed by atoms with E-state index in [0.717, 1.165) is 80.3 Å². The number of aliphatic hydroxyl groups is 1. The third kappa shape index (κ3) is 7.32. The van der Waals surface area contributed by atoms with Crippen molar-refractivity contribution in [3.63, 3.8) is 0 Å². The predicted octanol–water partition coefficient (Wildman–Crippen LogP) is 2.61. The van der Waals surface area contributed by atoms with Gasteiger partial charge in [-0.2, -0.15) is 0 Å². The fourth-order valence-electron chi connectivity index (χ4n) is 5.84. The maximum Gasteiger partial charge on any atom is 0.270 e. The molecule has 3 aromatic rings. The molecule has 1 atom stereocenters. The molecule has 0 saturated carbocycles. The first kappa shape index (κ1) is 29.7. The number of nitrogens with zero attached hydrogens (tertiary/aromatic N) is 5. The van der Waals surface area contributed by atoms with Gasteiger partial charge in [0.15, 0.2) is 12.2 Å². The second kappa shape index (κ2) is 13.4. The third-order valence-electron chi connectivity index (χ3n) is 8.40. The number of oxazole rings is 1. The van der Waals surface area contributed by atoms with Gasteiger partial charge in [0.05, 0.1) is 11.8 Å². The summed E-state index contributed by atoms with van der Waals surface area (Å²) in [7, 11) is 0. The Morgan fingerprint density at radius 2 is 1.98 bits per heavy atom. The summed E-state index contributed by atoms with van der Waals surface area (Å²) in [6.07, 6.45) is 5.60. The van der Waals surface area contributed by atoms with Gasteiger partial charge in [0.2, 0.25) is 5.91 Å². The Morgan fingerprint density at radius 1 is 1.17 bits per heavy atom. The van der Waals surface area contributed by atoms with E-state index in [-0.39, 0.29) is 18.4 Å². The summed E-state index contributed by atoms with van der Waals surface area (Å²) >= 11 is 0. The number of amides is 2. The number of carbonyl (C=O) groups excluding carboxylic acids is 2. The minimum atomic E-state index is -0.711. The van der Waals surface area contributed by atoms with Gasteiger partial charge in [0, 0.05) is 51.9 Å². The number of rotatable bonds is 10. The second-order valence-corrected chi connectivity index (χ2v) is 11.4. The number of ether oxygens (including phenoxy) is 1. The number of hydrogen-bond acceptors (Lipinski definition) is 9. The van der Waals surface area contributed by atoms with Crippen molar-refractivity contribution in [2.75, 3.05) is 32.7 Å². The fourth-order valence-corrected chi connectivity index (χ4v) is 5.84. The summed E-state index contributed by atoms with van der Waals surface area (Å²) in [4.78, 5) is 41.1.